The lowest BCUT2D eigenvalue weighted by atomic mass is 10.2. The first-order valence-electron chi connectivity index (χ1n) is 6.74. The largest absolute Gasteiger partial charge is 0.477 e. The zero-order valence-electron chi connectivity index (χ0n) is 12.3. The molecule has 8 heteroatoms. The molecule has 116 valence electrons. The summed E-state index contributed by atoms with van der Waals surface area (Å²) in [6, 6.07) is -0.179. The highest BCUT2D eigenvalue weighted by atomic mass is 32.1. The lowest BCUT2D eigenvalue weighted by Crippen LogP contribution is -2.51. The molecule has 21 heavy (non-hydrogen) atoms. The molecule has 1 aliphatic rings. The molecule has 1 fully saturated rings. The first-order chi connectivity index (χ1) is 9.86. The molecule has 0 saturated carbocycles. The Hall–Kier alpha value is -1.67. The number of aryl methyl sites for hydroxylation is 1. The Bertz CT molecular complexity index is 536. The Morgan fingerprint density at radius 1 is 1.43 bits per heavy atom. The second kappa shape index (κ2) is 6.40. The van der Waals surface area contributed by atoms with E-state index in [9.17, 15) is 9.59 Å². The number of carboxylic acid groups (broad SMARTS) is 1. The van der Waals surface area contributed by atoms with Gasteiger partial charge in [-0.15, -0.1) is 11.3 Å². The van der Waals surface area contributed by atoms with Crippen LogP contribution in [0.5, 0.6) is 0 Å². The normalized spacial score (nSPS) is 22.1. The number of nitrogens with zero attached hydrogens (tertiary/aromatic N) is 2. The SMILES string of the molecule is Cc1nc(CNC(=O)N2C[C@@H](C)O[C@@H](C)C2)sc1C(=O)O. The second-order valence-electron chi connectivity index (χ2n) is 5.15. The fourth-order valence-electron chi connectivity index (χ4n) is 2.33. The van der Waals surface area contributed by atoms with Gasteiger partial charge in [-0.1, -0.05) is 0 Å². The van der Waals surface area contributed by atoms with Gasteiger partial charge < -0.3 is 20.1 Å². The zero-order chi connectivity index (χ0) is 15.6. The predicted octanol–water partition coefficient (Wildman–Crippen LogP) is 1.47. The number of nitrogens with one attached hydrogen (secondary N) is 1. The summed E-state index contributed by atoms with van der Waals surface area (Å²) in [6.07, 6.45) is 0.0282. The van der Waals surface area contributed by atoms with E-state index >= 15 is 0 Å². The summed E-state index contributed by atoms with van der Waals surface area (Å²) < 4.78 is 5.58. The molecule has 1 aromatic rings. The number of thiazole rings is 1. The van der Waals surface area contributed by atoms with Crippen molar-refractivity contribution in [2.75, 3.05) is 13.1 Å². The topological polar surface area (TPSA) is 91.8 Å². The van der Waals surface area contributed by atoms with Gasteiger partial charge >= 0.3 is 12.0 Å². The molecule has 0 unspecified atom stereocenters. The van der Waals surface area contributed by atoms with E-state index in [0.717, 1.165) is 11.3 Å². The van der Waals surface area contributed by atoms with E-state index in [2.05, 4.69) is 10.3 Å². The van der Waals surface area contributed by atoms with Crippen LogP contribution in [-0.2, 0) is 11.3 Å². The fourth-order valence-corrected chi connectivity index (χ4v) is 3.18. The van der Waals surface area contributed by atoms with Gasteiger partial charge in [-0.25, -0.2) is 14.6 Å². The van der Waals surface area contributed by atoms with Gasteiger partial charge in [-0.3, -0.25) is 0 Å². The quantitative estimate of drug-likeness (QED) is 0.881. The van der Waals surface area contributed by atoms with Crippen LogP contribution in [-0.4, -0.2) is 52.3 Å². The Morgan fingerprint density at radius 2 is 2.05 bits per heavy atom. The zero-order valence-corrected chi connectivity index (χ0v) is 13.1. The number of hydrogen-bond donors (Lipinski definition) is 2. The number of ether oxygens (including phenoxy) is 1. The third kappa shape index (κ3) is 3.92. The van der Waals surface area contributed by atoms with Crippen LogP contribution in [0, 0.1) is 6.92 Å². The van der Waals surface area contributed by atoms with Crippen LogP contribution in [0.2, 0.25) is 0 Å². The molecule has 2 rings (SSSR count). The van der Waals surface area contributed by atoms with Crippen LogP contribution < -0.4 is 5.32 Å². The smallest absolute Gasteiger partial charge is 0.347 e. The highest BCUT2D eigenvalue weighted by Crippen LogP contribution is 2.18. The molecule has 0 spiro atoms. The first kappa shape index (κ1) is 15.7. The molecule has 2 N–H and O–H groups in total. The molecular weight excluding hydrogens is 294 g/mol. The first-order valence-corrected chi connectivity index (χ1v) is 7.56. The van der Waals surface area contributed by atoms with Crippen molar-refractivity contribution in [2.24, 2.45) is 0 Å². The van der Waals surface area contributed by atoms with Gasteiger partial charge in [0.2, 0.25) is 0 Å². The molecule has 1 saturated heterocycles. The van der Waals surface area contributed by atoms with E-state index in [4.69, 9.17) is 9.84 Å². The summed E-state index contributed by atoms with van der Waals surface area (Å²) in [7, 11) is 0. The summed E-state index contributed by atoms with van der Waals surface area (Å²) in [6.45, 7) is 6.84. The molecule has 7 nitrogen and oxygen atoms in total. The van der Waals surface area contributed by atoms with Gasteiger partial charge in [0.05, 0.1) is 24.4 Å². The Balaban J connectivity index is 1.92. The summed E-state index contributed by atoms with van der Waals surface area (Å²) in [5.41, 5.74) is 0.477. The number of amides is 2. The van der Waals surface area contributed by atoms with Crippen molar-refractivity contribution in [1.82, 2.24) is 15.2 Å². The van der Waals surface area contributed by atoms with Gasteiger partial charge in [0.25, 0.3) is 0 Å². The standard InChI is InChI=1S/C13H19N3O4S/c1-7-5-16(6-8(2)20-7)13(19)14-4-10-15-9(3)11(21-10)12(17)18/h7-8H,4-6H2,1-3H3,(H,14,19)(H,17,18)/t7-,8+. The van der Waals surface area contributed by atoms with E-state index in [0.29, 0.717) is 23.8 Å². The summed E-state index contributed by atoms with van der Waals surface area (Å²) in [5, 5.41) is 12.3. The van der Waals surface area contributed by atoms with Crippen molar-refractivity contribution in [1.29, 1.82) is 0 Å². The number of rotatable bonds is 3. The molecule has 2 heterocycles. The van der Waals surface area contributed by atoms with Crippen molar-refractivity contribution in [3.8, 4) is 0 Å². The number of aromatic carboxylic acids is 1. The molecule has 0 aliphatic carbocycles. The predicted molar refractivity (Wildman–Crippen MR) is 77.6 cm³/mol. The third-order valence-electron chi connectivity index (χ3n) is 3.13. The maximum atomic E-state index is 12.1. The Labute approximate surface area is 126 Å². The molecule has 1 aromatic heterocycles. The van der Waals surface area contributed by atoms with Gasteiger partial charge in [-0.05, 0) is 20.8 Å². The maximum Gasteiger partial charge on any atom is 0.347 e. The average Bonchev–Trinajstić information content (AvgIpc) is 2.76. The fraction of sp³-hybridized carbons (Fsp3) is 0.615. The van der Waals surface area contributed by atoms with Gasteiger partial charge in [0.1, 0.15) is 9.88 Å². The van der Waals surface area contributed by atoms with Crippen LogP contribution in [0.1, 0.15) is 34.2 Å². The van der Waals surface area contributed by atoms with Crippen molar-refractivity contribution >= 4 is 23.3 Å². The monoisotopic (exact) mass is 313 g/mol. The maximum absolute atomic E-state index is 12.1. The number of hydrogen-bond acceptors (Lipinski definition) is 5. The van der Waals surface area contributed by atoms with Crippen LogP contribution >= 0.6 is 11.3 Å². The Morgan fingerprint density at radius 3 is 2.57 bits per heavy atom. The number of carbonyl (C=O) groups is 2. The van der Waals surface area contributed by atoms with Crippen LogP contribution in [0.25, 0.3) is 0 Å². The highest BCUT2D eigenvalue weighted by Gasteiger charge is 2.25. The number of aromatic nitrogens is 1. The summed E-state index contributed by atoms with van der Waals surface area (Å²) in [4.78, 5) is 29.1. The lowest BCUT2D eigenvalue weighted by molar-refractivity contribution is -0.0545. The van der Waals surface area contributed by atoms with E-state index in [1.165, 1.54) is 0 Å². The van der Waals surface area contributed by atoms with Crippen molar-refractivity contribution in [3.63, 3.8) is 0 Å². The highest BCUT2D eigenvalue weighted by molar-refractivity contribution is 7.13. The minimum absolute atomic E-state index is 0.0141. The number of urea groups is 1. The summed E-state index contributed by atoms with van der Waals surface area (Å²) in [5.74, 6) is -0.988. The van der Waals surface area contributed by atoms with Crippen molar-refractivity contribution in [3.05, 3.63) is 15.6 Å². The van der Waals surface area contributed by atoms with Gasteiger partial charge in [0.15, 0.2) is 0 Å². The Kier molecular flexibility index (Phi) is 4.79. The average molecular weight is 313 g/mol. The van der Waals surface area contributed by atoms with Crippen LogP contribution in [0.15, 0.2) is 0 Å². The third-order valence-corrected chi connectivity index (χ3v) is 4.28. The van der Waals surface area contributed by atoms with Gasteiger partial charge in [-0.2, -0.15) is 0 Å². The van der Waals surface area contributed by atoms with Crippen LogP contribution in [0.4, 0.5) is 4.79 Å². The molecule has 0 bridgehead atoms. The minimum atomic E-state index is -0.988. The van der Waals surface area contributed by atoms with Crippen LogP contribution in [0.3, 0.4) is 0 Å². The van der Waals surface area contributed by atoms with Crippen molar-refractivity contribution in [2.45, 2.75) is 39.5 Å². The summed E-state index contributed by atoms with van der Waals surface area (Å²) >= 11 is 1.09. The molecule has 1 aliphatic heterocycles. The van der Waals surface area contributed by atoms with Gasteiger partial charge in [0, 0.05) is 13.1 Å². The molecule has 0 aromatic carbocycles. The minimum Gasteiger partial charge on any atom is -0.477 e. The lowest BCUT2D eigenvalue weighted by Gasteiger charge is -2.35. The molecule has 0 radical (unpaired) electrons. The van der Waals surface area contributed by atoms with Crippen molar-refractivity contribution < 1.29 is 19.4 Å². The van der Waals surface area contributed by atoms with E-state index in [-0.39, 0.29) is 29.7 Å². The van der Waals surface area contributed by atoms with E-state index in [1.54, 1.807) is 11.8 Å². The number of carbonyl (C=O) groups excluding carboxylic acids is 1. The number of carboxylic acids is 1. The molecular formula is C13H19N3O4S. The molecule has 2 atom stereocenters. The molecule has 2 amide bonds. The second-order valence-corrected chi connectivity index (χ2v) is 6.23. The van der Waals surface area contributed by atoms with E-state index < -0.39 is 5.97 Å². The number of morpholine rings is 1. The van der Waals surface area contributed by atoms with E-state index in [1.807, 2.05) is 13.8 Å².